The minimum Gasteiger partial charge on any atom is -0.390 e. The highest BCUT2D eigenvalue weighted by Crippen LogP contribution is 2.74. The molecular formula is C14H20O4. The lowest BCUT2D eigenvalue weighted by molar-refractivity contribution is -0.0407. The quantitative estimate of drug-likeness (QED) is 0.455. The Hall–Kier alpha value is -0.160. The molecule has 0 bridgehead atoms. The first-order chi connectivity index (χ1) is 8.61. The molecule has 100 valence electrons. The van der Waals surface area contributed by atoms with Crippen LogP contribution in [-0.2, 0) is 0 Å². The molecule has 0 amide bonds. The smallest absolute Gasteiger partial charge is 0.0836 e. The van der Waals surface area contributed by atoms with Crippen LogP contribution >= 0.6 is 0 Å². The molecule has 0 radical (unpaired) electrons. The van der Waals surface area contributed by atoms with Crippen molar-refractivity contribution in [3.05, 3.63) is 0 Å². The van der Waals surface area contributed by atoms with Crippen molar-refractivity contribution in [1.82, 2.24) is 0 Å². The van der Waals surface area contributed by atoms with E-state index < -0.39 is 24.4 Å². The van der Waals surface area contributed by atoms with Crippen LogP contribution in [0.1, 0.15) is 12.8 Å². The first kappa shape index (κ1) is 10.6. The van der Waals surface area contributed by atoms with Crippen molar-refractivity contribution in [2.75, 3.05) is 0 Å². The SMILES string of the molecule is O[C@@H]1[C@H](O)[C@H]2[C@@H]3C4C(C[C@H]13)C[C@H]1[C@@H](O)[C@@H](O)[C@@H]2[C@@H]41. The molecule has 0 aromatic heterocycles. The van der Waals surface area contributed by atoms with E-state index in [9.17, 15) is 20.4 Å². The van der Waals surface area contributed by atoms with E-state index in [1.165, 1.54) is 0 Å². The highest BCUT2D eigenvalue weighted by Gasteiger charge is 2.75. The molecule has 0 aromatic rings. The molecule has 5 rings (SSSR count). The molecule has 0 heterocycles. The maximum atomic E-state index is 10.3. The number of aliphatic hydroxyl groups excluding tert-OH is 4. The van der Waals surface area contributed by atoms with Crippen LogP contribution in [0.5, 0.6) is 0 Å². The van der Waals surface area contributed by atoms with Gasteiger partial charge in [0.25, 0.3) is 0 Å². The molecule has 18 heavy (non-hydrogen) atoms. The Morgan fingerprint density at radius 1 is 0.500 bits per heavy atom. The molecule has 5 aliphatic rings. The number of aliphatic hydroxyl groups is 4. The molecule has 0 aliphatic heterocycles. The second kappa shape index (κ2) is 2.95. The Bertz CT molecular complexity index is 377. The molecule has 0 saturated heterocycles. The van der Waals surface area contributed by atoms with E-state index in [1.54, 1.807) is 0 Å². The van der Waals surface area contributed by atoms with Crippen molar-refractivity contribution in [3.63, 3.8) is 0 Å². The lowest BCUT2D eigenvalue weighted by Crippen LogP contribution is -2.37. The molecule has 2 unspecified atom stereocenters. The van der Waals surface area contributed by atoms with Crippen LogP contribution in [-0.4, -0.2) is 44.8 Å². The lowest BCUT2D eigenvalue weighted by atomic mass is 9.85. The van der Waals surface area contributed by atoms with Crippen molar-refractivity contribution >= 4 is 0 Å². The second-order valence-corrected chi connectivity index (χ2v) is 7.41. The van der Waals surface area contributed by atoms with Crippen LogP contribution < -0.4 is 0 Å². The van der Waals surface area contributed by atoms with Gasteiger partial charge in [-0.05, 0) is 60.2 Å². The fraction of sp³-hybridized carbons (Fsp3) is 1.00. The first-order valence-electron chi connectivity index (χ1n) is 7.33. The van der Waals surface area contributed by atoms with Crippen LogP contribution in [0.4, 0.5) is 0 Å². The van der Waals surface area contributed by atoms with Crippen LogP contribution in [0.2, 0.25) is 0 Å². The van der Waals surface area contributed by atoms with Gasteiger partial charge < -0.3 is 20.4 Å². The fourth-order valence-electron chi connectivity index (χ4n) is 7.08. The van der Waals surface area contributed by atoms with Gasteiger partial charge in [-0.3, -0.25) is 0 Å². The van der Waals surface area contributed by atoms with Crippen LogP contribution in [0.3, 0.4) is 0 Å². The van der Waals surface area contributed by atoms with Gasteiger partial charge in [-0.15, -0.1) is 0 Å². The van der Waals surface area contributed by atoms with E-state index in [0.717, 1.165) is 12.8 Å². The summed E-state index contributed by atoms with van der Waals surface area (Å²) in [5.74, 6) is 2.52. The molecule has 4 heteroatoms. The number of hydrogen-bond acceptors (Lipinski definition) is 4. The highest BCUT2D eigenvalue weighted by atomic mass is 16.3. The Balaban J connectivity index is 1.66. The van der Waals surface area contributed by atoms with Gasteiger partial charge in [0.15, 0.2) is 0 Å². The van der Waals surface area contributed by atoms with Gasteiger partial charge in [0, 0.05) is 0 Å². The van der Waals surface area contributed by atoms with Gasteiger partial charge in [0.1, 0.15) is 0 Å². The highest BCUT2D eigenvalue weighted by molar-refractivity contribution is 5.23. The molecule has 4 N–H and O–H groups in total. The van der Waals surface area contributed by atoms with E-state index in [4.69, 9.17) is 0 Å². The van der Waals surface area contributed by atoms with Gasteiger partial charge in [0.2, 0.25) is 0 Å². The molecule has 12 atom stereocenters. The summed E-state index contributed by atoms with van der Waals surface area (Å²) in [5.41, 5.74) is 0. The first-order valence-corrected chi connectivity index (χ1v) is 7.33. The maximum Gasteiger partial charge on any atom is 0.0836 e. The summed E-state index contributed by atoms with van der Waals surface area (Å²) in [6.45, 7) is 0. The fourth-order valence-corrected chi connectivity index (χ4v) is 7.08. The largest absolute Gasteiger partial charge is 0.390 e. The van der Waals surface area contributed by atoms with Gasteiger partial charge in [-0.25, -0.2) is 0 Å². The third-order valence-corrected chi connectivity index (χ3v) is 7.27. The van der Waals surface area contributed by atoms with Gasteiger partial charge in [0.05, 0.1) is 24.4 Å². The third-order valence-electron chi connectivity index (χ3n) is 7.27. The normalized spacial score (nSPS) is 75.3. The molecule has 5 fully saturated rings. The average Bonchev–Trinajstić information content (AvgIpc) is 3.05. The minimum absolute atomic E-state index is 0.0277. The molecule has 5 aliphatic carbocycles. The van der Waals surface area contributed by atoms with E-state index in [2.05, 4.69) is 0 Å². The average molecular weight is 252 g/mol. The lowest BCUT2D eigenvalue weighted by Gasteiger charge is -2.25. The minimum atomic E-state index is -0.683. The topological polar surface area (TPSA) is 80.9 Å². The van der Waals surface area contributed by atoms with E-state index in [-0.39, 0.29) is 23.7 Å². The summed E-state index contributed by atoms with van der Waals surface area (Å²) in [6.07, 6.45) is -0.529. The molecule has 5 saturated carbocycles. The van der Waals surface area contributed by atoms with E-state index >= 15 is 0 Å². The summed E-state index contributed by atoms with van der Waals surface area (Å²) in [5, 5.41) is 41.0. The van der Waals surface area contributed by atoms with E-state index in [1.807, 2.05) is 0 Å². The second-order valence-electron chi connectivity index (χ2n) is 7.41. The Morgan fingerprint density at radius 3 is 1.39 bits per heavy atom. The number of fused-ring (bicyclic) bond motifs is 1. The Kier molecular flexibility index (Phi) is 1.74. The zero-order valence-corrected chi connectivity index (χ0v) is 10.1. The van der Waals surface area contributed by atoms with Crippen LogP contribution in [0, 0.1) is 47.3 Å². The standard InChI is InChI=1S/C14H20O4/c15-11-4-1-3-2-5-8-6(3)7(4)9(13(11)17)10(8)14(18)12(5)16/h3-18H,1-2H2/t3?,4-,5+,6?,7-,8+,9-,10+,11-,12+,13+,14-. The Labute approximate surface area is 106 Å². The number of rotatable bonds is 0. The monoisotopic (exact) mass is 252 g/mol. The van der Waals surface area contributed by atoms with Gasteiger partial charge >= 0.3 is 0 Å². The number of hydrogen-bond donors (Lipinski definition) is 4. The van der Waals surface area contributed by atoms with Crippen molar-refractivity contribution in [2.45, 2.75) is 37.3 Å². The zero-order chi connectivity index (χ0) is 12.3. The van der Waals surface area contributed by atoms with Crippen LogP contribution in [0.25, 0.3) is 0 Å². The summed E-state index contributed by atoms with van der Waals surface area (Å²) in [7, 11) is 0. The van der Waals surface area contributed by atoms with Crippen molar-refractivity contribution in [1.29, 1.82) is 0 Å². The van der Waals surface area contributed by atoms with Crippen LogP contribution in [0.15, 0.2) is 0 Å². The van der Waals surface area contributed by atoms with Crippen molar-refractivity contribution in [3.8, 4) is 0 Å². The summed E-state index contributed by atoms with van der Waals surface area (Å²) in [6, 6.07) is 0. The molecular weight excluding hydrogens is 232 g/mol. The predicted molar refractivity (Wildman–Crippen MR) is 61.2 cm³/mol. The Morgan fingerprint density at radius 2 is 0.944 bits per heavy atom. The molecule has 0 aromatic carbocycles. The molecule has 0 spiro atoms. The molecule has 4 nitrogen and oxygen atoms in total. The third kappa shape index (κ3) is 0.856. The summed E-state index contributed by atoms with van der Waals surface area (Å²) in [4.78, 5) is 0. The van der Waals surface area contributed by atoms with Gasteiger partial charge in [-0.1, -0.05) is 0 Å². The van der Waals surface area contributed by atoms with Crippen molar-refractivity contribution in [2.24, 2.45) is 47.3 Å². The zero-order valence-electron chi connectivity index (χ0n) is 10.1. The summed E-state index contributed by atoms with van der Waals surface area (Å²) < 4.78 is 0. The maximum absolute atomic E-state index is 10.3. The predicted octanol–water partition coefficient (Wildman–Crippen LogP) is -0.792. The van der Waals surface area contributed by atoms with Gasteiger partial charge in [-0.2, -0.15) is 0 Å². The summed E-state index contributed by atoms with van der Waals surface area (Å²) >= 11 is 0. The van der Waals surface area contributed by atoms with E-state index in [0.29, 0.717) is 23.7 Å². The van der Waals surface area contributed by atoms with Crippen molar-refractivity contribution < 1.29 is 20.4 Å².